The van der Waals surface area contributed by atoms with Gasteiger partial charge in [-0.25, -0.2) is 13.6 Å². The van der Waals surface area contributed by atoms with Gasteiger partial charge < -0.3 is 20.1 Å². The molecule has 1 aliphatic heterocycles. The number of halogens is 2. The summed E-state index contributed by atoms with van der Waals surface area (Å²) in [6, 6.07) is -0.605. The predicted molar refractivity (Wildman–Crippen MR) is 68.6 cm³/mol. The molecule has 0 bridgehead atoms. The number of amides is 2. The van der Waals surface area contributed by atoms with E-state index < -0.39 is 24.8 Å². The Hall–Kier alpha value is -0.950. The standard InChI is InChI=1S/C13H22F2N2O3/c1-9-2-4-13(5-3-9)19-8-10(20-13)6-16-12(18)17-7-11(14)15/h9-11H,2-8H2,1H3,(H2,16,17,18)/t9?,10-,13?/m0/s1. The van der Waals surface area contributed by atoms with Gasteiger partial charge in [-0.1, -0.05) is 6.92 Å². The number of carbonyl (C=O) groups is 1. The minimum absolute atomic E-state index is 0.208. The van der Waals surface area contributed by atoms with E-state index in [-0.39, 0.29) is 12.6 Å². The number of urea groups is 1. The van der Waals surface area contributed by atoms with E-state index in [0.717, 1.165) is 25.7 Å². The fraction of sp³-hybridized carbons (Fsp3) is 0.923. The van der Waals surface area contributed by atoms with Crippen molar-refractivity contribution in [1.82, 2.24) is 10.6 Å². The Morgan fingerprint density at radius 1 is 1.35 bits per heavy atom. The first-order valence-corrected chi connectivity index (χ1v) is 7.11. The summed E-state index contributed by atoms with van der Waals surface area (Å²) in [7, 11) is 0. The lowest BCUT2D eigenvalue weighted by Crippen LogP contribution is -2.43. The molecule has 1 saturated carbocycles. The lowest BCUT2D eigenvalue weighted by Gasteiger charge is -2.34. The van der Waals surface area contributed by atoms with Crippen LogP contribution in [0.4, 0.5) is 13.6 Å². The topological polar surface area (TPSA) is 59.6 Å². The summed E-state index contributed by atoms with van der Waals surface area (Å²) in [5.74, 6) is 0.211. The average Bonchev–Trinajstić information content (AvgIpc) is 2.81. The number of nitrogens with one attached hydrogen (secondary N) is 2. The second kappa shape index (κ2) is 6.67. The van der Waals surface area contributed by atoms with Crippen LogP contribution in [0.1, 0.15) is 32.6 Å². The summed E-state index contributed by atoms with van der Waals surface area (Å²) in [6.07, 6.45) is 1.16. The molecule has 1 atom stereocenters. The number of ether oxygens (including phenoxy) is 2. The van der Waals surface area contributed by atoms with Crippen LogP contribution in [0.2, 0.25) is 0 Å². The van der Waals surface area contributed by atoms with Crippen molar-refractivity contribution in [2.45, 2.75) is 50.9 Å². The highest BCUT2D eigenvalue weighted by molar-refractivity contribution is 5.73. The van der Waals surface area contributed by atoms with Crippen LogP contribution >= 0.6 is 0 Å². The molecule has 5 nitrogen and oxygen atoms in total. The molecule has 116 valence electrons. The number of alkyl halides is 2. The van der Waals surface area contributed by atoms with Crippen molar-refractivity contribution in [3.05, 3.63) is 0 Å². The average molecular weight is 292 g/mol. The van der Waals surface area contributed by atoms with Gasteiger partial charge in [-0.2, -0.15) is 0 Å². The van der Waals surface area contributed by atoms with Gasteiger partial charge in [0.2, 0.25) is 0 Å². The summed E-state index contributed by atoms with van der Waals surface area (Å²) in [5.41, 5.74) is 0. The maximum absolute atomic E-state index is 11.9. The first-order valence-electron chi connectivity index (χ1n) is 7.11. The largest absolute Gasteiger partial charge is 0.347 e. The second-order valence-electron chi connectivity index (χ2n) is 5.63. The molecule has 1 aliphatic carbocycles. The zero-order chi connectivity index (χ0) is 14.6. The Morgan fingerprint density at radius 3 is 2.70 bits per heavy atom. The van der Waals surface area contributed by atoms with Gasteiger partial charge in [0.25, 0.3) is 6.43 Å². The van der Waals surface area contributed by atoms with Crippen LogP contribution in [0.25, 0.3) is 0 Å². The molecule has 1 spiro atoms. The second-order valence-corrected chi connectivity index (χ2v) is 5.63. The maximum Gasteiger partial charge on any atom is 0.315 e. The van der Waals surface area contributed by atoms with E-state index in [1.165, 1.54) is 0 Å². The van der Waals surface area contributed by atoms with E-state index in [9.17, 15) is 13.6 Å². The third-order valence-electron chi connectivity index (χ3n) is 3.86. The van der Waals surface area contributed by atoms with E-state index in [4.69, 9.17) is 9.47 Å². The molecule has 20 heavy (non-hydrogen) atoms. The SMILES string of the molecule is CC1CCC2(CC1)OC[C@H](CNC(=O)NCC(F)F)O2. The van der Waals surface area contributed by atoms with Crippen LogP contribution in [0.3, 0.4) is 0 Å². The number of hydrogen-bond acceptors (Lipinski definition) is 3. The quantitative estimate of drug-likeness (QED) is 0.831. The normalized spacial score (nSPS) is 33.6. The fourth-order valence-corrected chi connectivity index (χ4v) is 2.62. The van der Waals surface area contributed by atoms with Gasteiger partial charge in [-0.05, 0) is 18.8 Å². The van der Waals surface area contributed by atoms with Crippen molar-refractivity contribution < 1.29 is 23.0 Å². The van der Waals surface area contributed by atoms with Crippen molar-refractivity contribution >= 4 is 6.03 Å². The lowest BCUT2D eigenvalue weighted by atomic mass is 9.86. The summed E-state index contributed by atoms with van der Waals surface area (Å²) in [5, 5.41) is 4.61. The van der Waals surface area contributed by atoms with Gasteiger partial charge in [0.15, 0.2) is 5.79 Å². The van der Waals surface area contributed by atoms with Crippen molar-refractivity contribution in [2.24, 2.45) is 5.92 Å². The van der Waals surface area contributed by atoms with E-state index in [1.807, 2.05) is 0 Å². The highest BCUT2D eigenvalue weighted by Gasteiger charge is 2.43. The maximum atomic E-state index is 11.9. The molecule has 2 fully saturated rings. The molecule has 0 aromatic rings. The van der Waals surface area contributed by atoms with Gasteiger partial charge in [-0.15, -0.1) is 0 Å². The highest BCUT2D eigenvalue weighted by Crippen LogP contribution is 2.39. The smallest absolute Gasteiger partial charge is 0.315 e. The number of rotatable bonds is 4. The van der Waals surface area contributed by atoms with Gasteiger partial charge in [0.1, 0.15) is 6.10 Å². The minimum Gasteiger partial charge on any atom is -0.347 e. The van der Waals surface area contributed by atoms with Gasteiger partial charge in [0.05, 0.1) is 13.2 Å². The number of hydrogen-bond donors (Lipinski definition) is 2. The summed E-state index contributed by atoms with van der Waals surface area (Å²) in [4.78, 5) is 11.3. The van der Waals surface area contributed by atoms with E-state index in [0.29, 0.717) is 12.5 Å². The molecule has 2 rings (SSSR count). The van der Waals surface area contributed by atoms with Crippen LogP contribution in [-0.2, 0) is 9.47 Å². The Balaban J connectivity index is 1.67. The monoisotopic (exact) mass is 292 g/mol. The zero-order valence-electron chi connectivity index (χ0n) is 11.7. The fourth-order valence-electron chi connectivity index (χ4n) is 2.62. The Bertz CT molecular complexity index is 334. The van der Waals surface area contributed by atoms with E-state index in [1.54, 1.807) is 0 Å². The van der Waals surface area contributed by atoms with E-state index >= 15 is 0 Å². The first kappa shape index (κ1) is 15.4. The van der Waals surface area contributed by atoms with Crippen molar-refractivity contribution in [3.8, 4) is 0 Å². The molecule has 0 aromatic heterocycles. The third kappa shape index (κ3) is 4.28. The summed E-state index contributed by atoms with van der Waals surface area (Å²) in [6.45, 7) is 2.28. The summed E-state index contributed by atoms with van der Waals surface area (Å²) >= 11 is 0. The Labute approximate surface area is 117 Å². The lowest BCUT2D eigenvalue weighted by molar-refractivity contribution is -0.191. The van der Waals surface area contributed by atoms with Crippen LogP contribution in [0.5, 0.6) is 0 Å². The van der Waals surface area contributed by atoms with Gasteiger partial charge in [-0.3, -0.25) is 0 Å². The van der Waals surface area contributed by atoms with Gasteiger partial charge in [0, 0.05) is 19.4 Å². The molecule has 2 aliphatic rings. The van der Waals surface area contributed by atoms with Crippen LogP contribution in [0, 0.1) is 5.92 Å². The van der Waals surface area contributed by atoms with Gasteiger partial charge >= 0.3 is 6.03 Å². The molecule has 0 unspecified atom stereocenters. The first-order chi connectivity index (χ1) is 9.49. The van der Waals surface area contributed by atoms with Crippen LogP contribution in [-0.4, -0.2) is 44.0 Å². The Morgan fingerprint density at radius 2 is 2.05 bits per heavy atom. The molecular weight excluding hydrogens is 270 g/mol. The Kier molecular flexibility index (Phi) is 5.15. The molecule has 0 aromatic carbocycles. The molecule has 1 heterocycles. The molecule has 0 radical (unpaired) electrons. The predicted octanol–water partition coefficient (Wildman–Crippen LogP) is 1.87. The molecule has 1 saturated heterocycles. The molecular formula is C13H22F2N2O3. The van der Waals surface area contributed by atoms with Crippen molar-refractivity contribution in [3.63, 3.8) is 0 Å². The van der Waals surface area contributed by atoms with Crippen LogP contribution in [0.15, 0.2) is 0 Å². The third-order valence-corrected chi connectivity index (χ3v) is 3.86. The van der Waals surface area contributed by atoms with E-state index in [2.05, 4.69) is 17.6 Å². The van der Waals surface area contributed by atoms with Crippen molar-refractivity contribution in [1.29, 1.82) is 0 Å². The minimum atomic E-state index is -2.54. The highest BCUT2D eigenvalue weighted by atomic mass is 19.3. The molecule has 2 amide bonds. The zero-order valence-corrected chi connectivity index (χ0v) is 11.7. The summed E-state index contributed by atoms with van der Waals surface area (Å²) < 4.78 is 35.5. The van der Waals surface area contributed by atoms with Crippen molar-refractivity contribution in [2.75, 3.05) is 19.7 Å². The van der Waals surface area contributed by atoms with Crippen LogP contribution < -0.4 is 10.6 Å². The molecule has 7 heteroatoms. The molecule has 2 N–H and O–H groups in total. The number of carbonyl (C=O) groups excluding carboxylic acids is 1.